The monoisotopic (exact) mass is 371 g/mol. The van der Waals surface area contributed by atoms with Gasteiger partial charge >= 0.3 is 5.15 Å². The van der Waals surface area contributed by atoms with Gasteiger partial charge in [0.1, 0.15) is 5.69 Å². The van der Waals surface area contributed by atoms with Crippen LogP contribution >= 0.6 is 11.6 Å². The molecule has 0 saturated carbocycles. The van der Waals surface area contributed by atoms with Gasteiger partial charge in [-0.15, -0.1) is 0 Å². The minimum Gasteiger partial charge on any atom is -0.617 e. The van der Waals surface area contributed by atoms with Crippen molar-refractivity contribution in [3.63, 3.8) is 0 Å². The van der Waals surface area contributed by atoms with Crippen LogP contribution in [0, 0.1) is 12.1 Å². The summed E-state index contributed by atoms with van der Waals surface area (Å²) in [6.07, 6.45) is 5.38. The Bertz CT molecular complexity index is 988. The lowest BCUT2D eigenvalue weighted by Crippen LogP contribution is -2.35. The van der Waals surface area contributed by atoms with Crippen LogP contribution in [0.2, 0.25) is 5.15 Å². The molecule has 1 aromatic carbocycles. The molecule has 1 N–H and O–H groups in total. The maximum Gasteiger partial charge on any atom is 0.308 e. The van der Waals surface area contributed by atoms with Crippen molar-refractivity contribution in [2.24, 2.45) is 0 Å². The van der Waals surface area contributed by atoms with Gasteiger partial charge in [0.05, 0.1) is 13.5 Å². The lowest BCUT2D eigenvalue weighted by molar-refractivity contribution is -0.612. The third-order valence-electron chi connectivity index (χ3n) is 4.41. The highest BCUT2D eigenvalue weighted by molar-refractivity contribution is 6.29. The van der Waals surface area contributed by atoms with Crippen LogP contribution in [0.15, 0.2) is 36.0 Å². The Kier molecular flexibility index (Phi) is 5.18. The van der Waals surface area contributed by atoms with Crippen molar-refractivity contribution in [2.75, 3.05) is 7.11 Å². The fraction of sp³-hybridized carbons (Fsp3) is 0.300. The van der Waals surface area contributed by atoms with Crippen LogP contribution < -0.4 is 9.47 Å². The van der Waals surface area contributed by atoms with Gasteiger partial charge < -0.3 is 14.9 Å². The lowest BCUT2D eigenvalue weighted by atomic mass is 10.0. The maximum absolute atomic E-state index is 12.5. The Morgan fingerprint density at radius 1 is 1.35 bits per heavy atom. The third kappa shape index (κ3) is 3.40. The first kappa shape index (κ1) is 18.3. The van der Waals surface area contributed by atoms with Crippen LogP contribution in [0.3, 0.4) is 0 Å². The van der Waals surface area contributed by atoms with E-state index >= 15 is 0 Å². The molecule has 3 aromatic rings. The standard InChI is InChI=1S/C20H22ClN3O2/c1-12(2)8-9-14-6-5-7-16-15(11-22-18(14)16)10-17-20(26-4)23-13(3)19(21)24(17)25/h5-8,11,22H,9-10H2,1-4H3. The van der Waals surface area contributed by atoms with Gasteiger partial charge in [-0.25, -0.2) is 4.98 Å². The topological polar surface area (TPSA) is 64.8 Å². The van der Waals surface area contributed by atoms with Crippen molar-refractivity contribution < 1.29 is 9.47 Å². The molecule has 2 aromatic heterocycles. The van der Waals surface area contributed by atoms with Gasteiger partial charge in [0, 0.05) is 17.1 Å². The number of aryl methyl sites for hydroxylation is 1. The van der Waals surface area contributed by atoms with E-state index in [1.807, 2.05) is 12.3 Å². The molecule has 0 aliphatic carbocycles. The minimum absolute atomic E-state index is 0.0740. The Labute approximate surface area is 157 Å². The summed E-state index contributed by atoms with van der Waals surface area (Å²) in [7, 11) is 1.51. The van der Waals surface area contributed by atoms with E-state index in [-0.39, 0.29) is 5.15 Å². The Hall–Kier alpha value is -2.53. The van der Waals surface area contributed by atoms with Crippen LogP contribution in [0.5, 0.6) is 5.88 Å². The molecule has 0 fully saturated rings. The average molecular weight is 372 g/mol. The van der Waals surface area contributed by atoms with Crippen molar-refractivity contribution >= 4 is 22.5 Å². The van der Waals surface area contributed by atoms with Crippen LogP contribution in [-0.4, -0.2) is 17.1 Å². The predicted molar refractivity (Wildman–Crippen MR) is 104 cm³/mol. The SMILES string of the molecule is COc1nc(C)c(Cl)[n+]([O-])c1Cc1c[nH]c2c(CC=C(C)C)cccc12. The zero-order chi connectivity index (χ0) is 18.8. The zero-order valence-corrected chi connectivity index (χ0v) is 16.1. The molecule has 0 atom stereocenters. The van der Waals surface area contributed by atoms with Gasteiger partial charge in [-0.1, -0.05) is 29.8 Å². The molecule has 0 amide bonds. The number of aromatic nitrogens is 3. The lowest BCUT2D eigenvalue weighted by Gasteiger charge is -2.10. The summed E-state index contributed by atoms with van der Waals surface area (Å²) in [5.41, 5.74) is 5.44. The van der Waals surface area contributed by atoms with Gasteiger partial charge in [-0.2, -0.15) is 4.73 Å². The Morgan fingerprint density at radius 3 is 2.81 bits per heavy atom. The summed E-state index contributed by atoms with van der Waals surface area (Å²) >= 11 is 6.08. The van der Waals surface area contributed by atoms with E-state index in [9.17, 15) is 5.21 Å². The van der Waals surface area contributed by atoms with E-state index in [1.54, 1.807) is 6.92 Å². The molecule has 0 saturated heterocycles. The highest BCUT2D eigenvalue weighted by Gasteiger charge is 2.23. The molecule has 0 unspecified atom stereocenters. The van der Waals surface area contributed by atoms with Gasteiger partial charge in [0.25, 0.3) is 11.6 Å². The predicted octanol–water partition coefficient (Wildman–Crippen LogP) is 4.27. The van der Waals surface area contributed by atoms with Crippen molar-refractivity contribution in [3.05, 3.63) is 68.9 Å². The first-order valence-electron chi connectivity index (χ1n) is 8.46. The Balaban J connectivity index is 2.05. The van der Waals surface area contributed by atoms with Gasteiger partial charge in [-0.05, 0) is 49.9 Å². The molecule has 0 aliphatic rings. The number of H-pyrrole nitrogens is 1. The van der Waals surface area contributed by atoms with E-state index < -0.39 is 0 Å². The van der Waals surface area contributed by atoms with E-state index in [0.717, 1.165) is 22.9 Å². The van der Waals surface area contributed by atoms with Crippen LogP contribution in [0.1, 0.15) is 36.4 Å². The maximum atomic E-state index is 12.5. The van der Waals surface area contributed by atoms with Crippen LogP contribution in [-0.2, 0) is 12.8 Å². The first-order chi connectivity index (χ1) is 12.4. The quantitative estimate of drug-likeness (QED) is 0.414. The number of benzene rings is 1. The molecule has 26 heavy (non-hydrogen) atoms. The smallest absolute Gasteiger partial charge is 0.308 e. The van der Waals surface area contributed by atoms with Gasteiger partial charge in [0.15, 0.2) is 0 Å². The van der Waals surface area contributed by atoms with Gasteiger partial charge in [-0.3, -0.25) is 0 Å². The molecule has 5 nitrogen and oxygen atoms in total. The molecule has 2 heterocycles. The van der Waals surface area contributed by atoms with Crippen molar-refractivity contribution in [2.45, 2.75) is 33.6 Å². The summed E-state index contributed by atoms with van der Waals surface area (Å²) in [5.74, 6) is 0.303. The molecule has 0 spiro atoms. The van der Waals surface area contributed by atoms with Crippen molar-refractivity contribution in [3.8, 4) is 5.88 Å². The number of hydrogen-bond donors (Lipinski definition) is 1. The number of aromatic amines is 1. The second-order valence-corrected chi connectivity index (χ2v) is 6.91. The largest absolute Gasteiger partial charge is 0.617 e. The summed E-state index contributed by atoms with van der Waals surface area (Å²) in [6.45, 7) is 5.87. The molecule has 0 aliphatic heterocycles. The zero-order valence-electron chi connectivity index (χ0n) is 15.4. The normalized spacial score (nSPS) is 11.0. The molecule has 0 radical (unpaired) electrons. The minimum atomic E-state index is 0.0740. The highest BCUT2D eigenvalue weighted by Crippen LogP contribution is 2.27. The number of allylic oxidation sites excluding steroid dienone is 2. The average Bonchev–Trinajstić information content (AvgIpc) is 3.03. The first-order valence-corrected chi connectivity index (χ1v) is 8.84. The summed E-state index contributed by atoms with van der Waals surface area (Å²) in [5, 5.41) is 13.7. The fourth-order valence-electron chi connectivity index (χ4n) is 3.01. The van der Waals surface area contributed by atoms with Crippen molar-refractivity contribution in [1.29, 1.82) is 0 Å². The van der Waals surface area contributed by atoms with E-state index in [1.165, 1.54) is 18.2 Å². The number of para-hydroxylation sites is 1. The van der Waals surface area contributed by atoms with E-state index in [4.69, 9.17) is 16.3 Å². The van der Waals surface area contributed by atoms with Crippen LogP contribution in [0.25, 0.3) is 10.9 Å². The highest BCUT2D eigenvalue weighted by atomic mass is 35.5. The summed E-state index contributed by atoms with van der Waals surface area (Å²) in [6, 6.07) is 6.20. The number of nitrogens with zero attached hydrogens (tertiary/aromatic N) is 2. The Morgan fingerprint density at radius 2 is 2.12 bits per heavy atom. The summed E-state index contributed by atoms with van der Waals surface area (Å²) < 4.78 is 6.01. The molecule has 3 rings (SSSR count). The van der Waals surface area contributed by atoms with Crippen LogP contribution in [0.4, 0.5) is 0 Å². The number of ether oxygens (including phenoxy) is 1. The number of methoxy groups -OCH3 is 1. The molecule has 6 heteroatoms. The number of fused-ring (bicyclic) bond motifs is 1. The number of rotatable bonds is 5. The van der Waals surface area contributed by atoms with Crippen molar-refractivity contribution in [1.82, 2.24) is 9.97 Å². The number of nitrogens with one attached hydrogen (secondary N) is 1. The third-order valence-corrected chi connectivity index (χ3v) is 4.83. The van der Waals surface area contributed by atoms with E-state index in [0.29, 0.717) is 28.4 Å². The second-order valence-electron chi connectivity index (χ2n) is 6.55. The molecular weight excluding hydrogens is 350 g/mol. The van der Waals surface area contributed by atoms with E-state index in [2.05, 4.69) is 42.0 Å². The molecule has 136 valence electrons. The van der Waals surface area contributed by atoms with Gasteiger partial charge in [0.2, 0.25) is 0 Å². The number of hydrogen-bond acceptors (Lipinski definition) is 3. The molecular formula is C20H22ClN3O2. The number of halogens is 1. The fourth-order valence-corrected chi connectivity index (χ4v) is 3.16. The summed E-state index contributed by atoms with van der Waals surface area (Å²) in [4.78, 5) is 7.63. The molecule has 0 bridgehead atoms. The second kappa shape index (κ2) is 7.38.